The van der Waals surface area contributed by atoms with Crippen LogP contribution in [-0.4, -0.2) is 41.2 Å². The maximum absolute atomic E-state index is 12.4. The lowest BCUT2D eigenvalue weighted by Crippen LogP contribution is -2.43. The van der Waals surface area contributed by atoms with Crippen molar-refractivity contribution in [3.8, 4) is 0 Å². The molecule has 1 amide bonds. The van der Waals surface area contributed by atoms with E-state index in [1.54, 1.807) is 12.1 Å². The van der Waals surface area contributed by atoms with E-state index in [0.29, 0.717) is 5.09 Å². The number of hydrogen-bond donors (Lipinski definition) is 1. The Morgan fingerprint density at radius 2 is 1.91 bits per heavy atom. The molecule has 1 aromatic heterocycles. The van der Waals surface area contributed by atoms with Crippen LogP contribution >= 0.6 is 11.8 Å². The third kappa shape index (κ3) is 3.71. The summed E-state index contributed by atoms with van der Waals surface area (Å²) in [6, 6.07) is 11.5. The van der Waals surface area contributed by atoms with Crippen molar-refractivity contribution in [2.75, 3.05) is 13.3 Å². The topological polar surface area (TPSA) is 70.8 Å². The summed E-state index contributed by atoms with van der Waals surface area (Å²) in [4.78, 5) is 25.1. The summed E-state index contributed by atoms with van der Waals surface area (Å²) in [7, 11) is 1.48. The lowest BCUT2D eigenvalue weighted by atomic mass is 10.0. The third-order valence-corrected chi connectivity index (χ3v) is 3.96. The third-order valence-electron chi connectivity index (χ3n) is 3.34. The predicted octanol–water partition coefficient (Wildman–Crippen LogP) is 2.77. The molecule has 0 fully saturated rings. The number of carbonyl (C=O) groups is 2. The van der Waals surface area contributed by atoms with Crippen LogP contribution in [-0.2, 0) is 11.2 Å². The summed E-state index contributed by atoms with van der Waals surface area (Å²) in [5, 5.41) is 10.0. The van der Waals surface area contributed by atoms with Crippen LogP contribution < -0.4 is 0 Å². The minimum Gasteiger partial charge on any atom is -0.480 e. The number of benzene rings is 1. The maximum Gasteiger partial charge on any atom is 0.326 e. The van der Waals surface area contributed by atoms with E-state index in [1.165, 1.54) is 23.7 Å². The molecule has 0 bridgehead atoms. The number of carboxylic acid groups (broad SMARTS) is 1. The molecule has 1 atom stereocenters. The standard InChI is InChI=1S/C16H17NO4S/c1-17(15(18)13-8-9-14(21-13)22-2)12(16(19)20)10-11-6-4-3-5-7-11/h3-9,12H,10H2,1-2H3,(H,19,20). The largest absolute Gasteiger partial charge is 0.480 e. The molecule has 116 valence electrons. The Bertz CT molecular complexity index is 653. The molecular formula is C16H17NO4S. The van der Waals surface area contributed by atoms with Gasteiger partial charge in [-0.1, -0.05) is 42.1 Å². The highest BCUT2D eigenvalue weighted by Gasteiger charge is 2.29. The van der Waals surface area contributed by atoms with Gasteiger partial charge in [-0.2, -0.15) is 0 Å². The van der Waals surface area contributed by atoms with Gasteiger partial charge in [0.2, 0.25) is 0 Å². The van der Waals surface area contributed by atoms with Gasteiger partial charge in [0.15, 0.2) is 10.9 Å². The molecule has 2 aromatic rings. The van der Waals surface area contributed by atoms with Crippen molar-refractivity contribution >= 4 is 23.6 Å². The number of nitrogens with zero attached hydrogens (tertiary/aromatic N) is 1. The van der Waals surface area contributed by atoms with Crippen molar-refractivity contribution in [2.45, 2.75) is 17.6 Å². The van der Waals surface area contributed by atoms with E-state index in [1.807, 2.05) is 36.6 Å². The van der Waals surface area contributed by atoms with E-state index in [0.717, 1.165) is 5.56 Å². The van der Waals surface area contributed by atoms with Gasteiger partial charge in [-0.25, -0.2) is 4.79 Å². The van der Waals surface area contributed by atoms with Crippen LogP contribution in [0.5, 0.6) is 0 Å². The minimum absolute atomic E-state index is 0.145. The second-order valence-corrected chi connectivity index (χ2v) is 5.59. The van der Waals surface area contributed by atoms with Gasteiger partial charge in [0.1, 0.15) is 6.04 Å². The number of thioether (sulfide) groups is 1. The van der Waals surface area contributed by atoms with E-state index >= 15 is 0 Å². The van der Waals surface area contributed by atoms with Crippen LogP contribution in [0.2, 0.25) is 0 Å². The molecule has 5 nitrogen and oxygen atoms in total. The van der Waals surface area contributed by atoms with Crippen molar-refractivity contribution in [2.24, 2.45) is 0 Å². The quantitative estimate of drug-likeness (QED) is 0.829. The summed E-state index contributed by atoms with van der Waals surface area (Å²) < 4.78 is 5.37. The summed E-state index contributed by atoms with van der Waals surface area (Å²) >= 11 is 1.38. The van der Waals surface area contributed by atoms with E-state index in [4.69, 9.17) is 4.42 Å². The molecule has 0 radical (unpaired) electrons. The van der Waals surface area contributed by atoms with Crippen molar-refractivity contribution in [3.05, 3.63) is 53.8 Å². The Balaban J connectivity index is 2.17. The van der Waals surface area contributed by atoms with Crippen LogP contribution in [0.25, 0.3) is 0 Å². The smallest absolute Gasteiger partial charge is 0.326 e. The van der Waals surface area contributed by atoms with Crippen LogP contribution in [0.1, 0.15) is 16.1 Å². The average Bonchev–Trinajstić information content (AvgIpc) is 3.01. The summed E-state index contributed by atoms with van der Waals surface area (Å²) in [6.45, 7) is 0. The monoisotopic (exact) mass is 319 g/mol. The van der Waals surface area contributed by atoms with Crippen LogP contribution in [0.4, 0.5) is 0 Å². The molecule has 0 aliphatic rings. The molecule has 1 heterocycles. The Morgan fingerprint density at radius 3 is 2.45 bits per heavy atom. The molecule has 0 aliphatic heterocycles. The lowest BCUT2D eigenvalue weighted by Gasteiger charge is -2.24. The molecule has 22 heavy (non-hydrogen) atoms. The van der Waals surface area contributed by atoms with E-state index in [-0.39, 0.29) is 12.2 Å². The van der Waals surface area contributed by atoms with Crippen molar-refractivity contribution in [3.63, 3.8) is 0 Å². The van der Waals surface area contributed by atoms with Crippen LogP contribution in [0.3, 0.4) is 0 Å². The first kappa shape index (κ1) is 16.2. The Hall–Kier alpha value is -2.21. The van der Waals surface area contributed by atoms with Crippen LogP contribution in [0, 0.1) is 0 Å². The number of aliphatic carboxylic acids is 1. The van der Waals surface area contributed by atoms with Gasteiger partial charge in [0.25, 0.3) is 5.91 Å². The minimum atomic E-state index is -1.05. The number of likely N-dealkylation sites (N-methyl/N-ethyl adjacent to an activating group) is 1. The first-order valence-electron chi connectivity index (χ1n) is 6.70. The molecule has 0 saturated carbocycles. The number of carbonyl (C=O) groups excluding carboxylic acids is 1. The Morgan fingerprint density at radius 1 is 1.23 bits per heavy atom. The second-order valence-electron chi connectivity index (χ2n) is 4.78. The first-order chi connectivity index (χ1) is 10.5. The molecule has 1 aromatic carbocycles. The zero-order valence-electron chi connectivity index (χ0n) is 12.4. The van der Waals surface area contributed by atoms with Gasteiger partial charge >= 0.3 is 5.97 Å². The second kappa shape index (κ2) is 7.17. The number of hydrogen-bond acceptors (Lipinski definition) is 4. The zero-order chi connectivity index (χ0) is 16.1. The predicted molar refractivity (Wildman–Crippen MR) is 84.2 cm³/mol. The van der Waals surface area contributed by atoms with E-state index in [2.05, 4.69) is 0 Å². The molecule has 0 aliphatic carbocycles. The zero-order valence-corrected chi connectivity index (χ0v) is 13.2. The molecular weight excluding hydrogens is 302 g/mol. The highest BCUT2D eigenvalue weighted by Crippen LogP contribution is 2.20. The molecule has 1 unspecified atom stereocenters. The highest BCUT2D eigenvalue weighted by molar-refractivity contribution is 7.98. The van der Waals surface area contributed by atoms with Gasteiger partial charge < -0.3 is 14.4 Å². The fourth-order valence-corrected chi connectivity index (χ4v) is 2.46. The molecule has 0 saturated heterocycles. The van der Waals surface area contributed by atoms with Crippen LogP contribution in [0.15, 0.2) is 52.0 Å². The molecule has 6 heteroatoms. The van der Waals surface area contributed by atoms with Crippen molar-refractivity contribution < 1.29 is 19.1 Å². The Kier molecular flexibility index (Phi) is 5.27. The SMILES string of the molecule is CSc1ccc(C(=O)N(C)C(Cc2ccccc2)C(=O)O)o1. The van der Waals surface area contributed by atoms with Gasteiger partial charge in [0.05, 0.1) is 0 Å². The molecule has 2 rings (SSSR count). The summed E-state index contributed by atoms with van der Waals surface area (Å²) in [5.74, 6) is -1.34. The fraction of sp³-hybridized carbons (Fsp3) is 0.250. The number of furan rings is 1. The van der Waals surface area contributed by atoms with E-state index in [9.17, 15) is 14.7 Å². The summed E-state index contributed by atoms with van der Waals surface area (Å²) in [5.41, 5.74) is 0.860. The van der Waals surface area contributed by atoms with Gasteiger partial charge in [-0.3, -0.25) is 4.79 Å². The maximum atomic E-state index is 12.4. The molecule has 0 spiro atoms. The number of carboxylic acids is 1. The van der Waals surface area contributed by atoms with Gasteiger partial charge in [0, 0.05) is 13.5 Å². The first-order valence-corrected chi connectivity index (χ1v) is 7.93. The van der Waals surface area contributed by atoms with Gasteiger partial charge in [-0.15, -0.1) is 0 Å². The lowest BCUT2D eigenvalue weighted by molar-refractivity contribution is -0.141. The van der Waals surface area contributed by atoms with E-state index < -0.39 is 17.9 Å². The van der Waals surface area contributed by atoms with Crippen molar-refractivity contribution in [1.82, 2.24) is 4.90 Å². The highest BCUT2D eigenvalue weighted by atomic mass is 32.2. The number of rotatable bonds is 6. The van der Waals surface area contributed by atoms with Crippen molar-refractivity contribution in [1.29, 1.82) is 0 Å². The summed E-state index contributed by atoms with van der Waals surface area (Å²) in [6.07, 6.45) is 2.08. The fourth-order valence-electron chi connectivity index (χ4n) is 2.09. The number of amides is 1. The average molecular weight is 319 g/mol. The normalized spacial score (nSPS) is 11.9. The Labute approximate surface area is 132 Å². The molecule has 1 N–H and O–H groups in total. The van der Waals surface area contributed by atoms with Gasteiger partial charge in [-0.05, 0) is 24.0 Å².